The molecule has 1 atom stereocenters. The Balaban J connectivity index is 1.52. The van der Waals surface area contributed by atoms with E-state index in [1.165, 1.54) is 11.3 Å². The lowest BCUT2D eigenvalue weighted by Gasteiger charge is -2.22. The molecule has 3 nitrogen and oxygen atoms in total. The molecule has 0 spiro atoms. The molecule has 4 heteroatoms. The van der Waals surface area contributed by atoms with Crippen molar-refractivity contribution in [2.75, 3.05) is 13.1 Å². The number of hydrogen-bond donors (Lipinski definition) is 1. The first-order valence-corrected chi connectivity index (χ1v) is 8.29. The SMILES string of the molecule is O=C(CN1CCC[C@@H]1c1cccs1)NCc1ccccc1. The smallest absolute Gasteiger partial charge is 0.234 e. The molecule has 1 aliphatic heterocycles. The first-order valence-electron chi connectivity index (χ1n) is 7.41. The molecule has 0 saturated carbocycles. The Morgan fingerprint density at radius 3 is 2.86 bits per heavy atom. The van der Waals surface area contributed by atoms with Crippen LogP contribution in [0.1, 0.15) is 29.3 Å². The Morgan fingerprint density at radius 2 is 2.10 bits per heavy atom. The number of carbonyl (C=O) groups excluding carboxylic acids is 1. The van der Waals surface area contributed by atoms with Gasteiger partial charge in [0.2, 0.25) is 5.91 Å². The van der Waals surface area contributed by atoms with E-state index >= 15 is 0 Å². The molecule has 0 aliphatic carbocycles. The van der Waals surface area contributed by atoms with E-state index in [9.17, 15) is 4.79 Å². The van der Waals surface area contributed by atoms with Crippen LogP contribution in [0.3, 0.4) is 0 Å². The zero-order valence-corrected chi connectivity index (χ0v) is 12.8. The van der Waals surface area contributed by atoms with Gasteiger partial charge in [0.05, 0.1) is 6.54 Å². The zero-order chi connectivity index (χ0) is 14.5. The van der Waals surface area contributed by atoms with Crippen LogP contribution in [0.25, 0.3) is 0 Å². The third-order valence-electron chi connectivity index (χ3n) is 3.91. The van der Waals surface area contributed by atoms with Crippen molar-refractivity contribution in [2.24, 2.45) is 0 Å². The molecule has 1 saturated heterocycles. The molecular formula is C17H20N2OS. The Morgan fingerprint density at radius 1 is 1.24 bits per heavy atom. The van der Waals surface area contributed by atoms with Gasteiger partial charge in [0.15, 0.2) is 0 Å². The maximum absolute atomic E-state index is 12.1. The number of likely N-dealkylation sites (tertiary alicyclic amines) is 1. The van der Waals surface area contributed by atoms with Crippen LogP contribution in [0.15, 0.2) is 47.8 Å². The lowest BCUT2D eigenvalue weighted by molar-refractivity contribution is -0.122. The largest absolute Gasteiger partial charge is 0.351 e. The molecule has 2 heterocycles. The maximum Gasteiger partial charge on any atom is 0.234 e. The molecule has 1 amide bonds. The summed E-state index contributed by atoms with van der Waals surface area (Å²) < 4.78 is 0. The number of rotatable bonds is 5. The summed E-state index contributed by atoms with van der Waals surface area (Å²) in [4.78, 5) is 15.8. The van der Waals surface area contributed by atoms with Gasteiger partial charge in [-0.25, -0.2) is 0 Å². The third kappa shape index (κ3) is 3.71. The van der Waals surface area contributed by atoms with Crippen LogP contribution >= 0.6 is 11.3 Å². The molecular weight excluding hydrogens is 280 g/mol. The Hall–Kier alpha value is -1.65. The second-order valence-corrected chi connectivity index (χ2v) is 6.39. The van der Waals surface area contributed by atoms with Crippen molar-refractivity contribution in [1.82, 2.24) is 10.2 Å². The molecule has 110 valence electrons. The van der Waals surface area contributed by atoms with Gasteiger partial charge in [0.1, 0.15) is 0 Å². The van der Waals surface area contributed by atoms with Gasteiger partial charge in [-0.2, -0.15) is 0 Å². The highest BCUT2D eigenvalue weighted by molar-refractivity contribution is 7.10. The minimum atomic E-state index is 0.113. The van der Waals surface area contributed by atoms with Gasteiger partial charge in [-0.15, -0.1) is 11.3 Å². The fourth-order valence-corrected chi connectivity index (χ4v) is 3.75. The van der Waals surface area contributed by atoms with E-state index in [1.54, 1.807) is 11.3 Å². The lowest BCUT2D eigenvalue weighted by Crippen LogP contribution is -2.36. The number of carbonyl (C=O) groups is 1. The maximum atomic E-state index is 12.1. The Bertz CT molecular complexity index is 568. The molecule has 0 unspecified atom stereocenters. The first kappa shape index (κ1) is 14.3. The fourth-order valence-electron chi connectivity index (χ4n) is 2.86. The molecule has 0 radical (unpaired) electrons. The van der Waals surface area contributed by atoms with E-state index in [1.807, 2.05) is 30.3 Å². The predicted molar refractivity (Wildman–Crippen MR) is 86.2 cm³/mol. The van der Waals surface area contributed by atoms with Crippen LogP contribution in [0.5, 0.6) is 0 Å². The summed E-state index contributed by atoms with van der Waals surface area (Å²) in [6.07, 6.45) is 2.33. The van der Waals surface area contributed by atoms with Crippen LogP contribution < -0.4 is 5.32 Å². The highest BCUT2D eigenvalue weighted by Crippen LogP contribution is 2.33. The van der Waals surface area contributed by atoms with Gasteiger partial charge < -0.3 is 5.32 Å². The van der Waals surface area contributed by atoms with Gasteiger partial charge in [-0.05, 0) is 36.4 Å². The monoisotopic (exact) mass is 300 g/mol. The van der Waals surface area contributed by atoms with Crippen molar-refractivity contribution in [3.8, 4) is 0 Å². The molecule has 1 aliphatic rings. The summed E-state index contributed by atoms with van der Waals surface area (Å²) in [5.41, 5.74) is 1.14. The molecule has 2 aromatic rings. The average Bonchev–Trinajstić information content (AvgIpc) is 3.17. The van der Waals surface area contributed by atoms with Gasteiger partial charge in [0.25, 0.3) is 0 Å². The minimum Gasteiger partial charge on any atom is -0.351 e. The van der Waals surface area contributed by atoms with Crippen LogP contribution in [-0.2, 0) is 11.3 Å². The Labute approximate surface area is 129 Å². The standard InChI is InChI=1S/C17H20N2OS/c20-17(18-12-14-6-2-1-3-7-14)13-19-10-4-8-15(19)16-9-5-11-21-16/h1-3,5-7,9,11,15H,4,8,10,12-13H2,(H,18,20)/t15-/m1/s1. The van der Waals surface area contributed by atoms with E-state index in [0.29, 0.717) is 19.1 Å². The van der Waals surface area contributed by atoms with Gasteiger partial charge >= 0.3 is 0 Å². The summed E-state index contributed by atoms with van der Waals surface area (Å²) in [5, 5.41) is 5.13. The quantitative estimate of drug-likeness (QED) is 0.919. The van der Waals surface area contributed by atoms with E-state index in [-0.39, 0.29) is 5.91 Å². The molecule has 3 rings (SSSR count). The van der Waals surface area contributed by atoms with Crippen molar-refractivity contribution in [2.45, 2.75) is 25.4 Å². The fraction of sp³-hybridized carbons (Fsp3) is 0.353. The summed E-state index contributed by atoms with van der Waals surface area (Å²) >= 11 is 1.79. The van der Waals surface area contributed by atoms with Crippen LogP contribution in [-0.4, -0.2) is 23.9 Å². The number of nitrogens with one attached hydrogen (secondary N) is 1. The lowest BCUT2D eigenvalue weighted by atomic mass is 10.2. The van der Waals surface area contributed by atoms with E-state index in [0.717, 1.165) is 18.5 Å². The predicted octanol–water partition coefficient (Wildman–Crippen LogP) is 3.20. The van der Waals surface area contributed by atoms with E-state index in [2.05, 4.69) is 27.7 Å². The topological polar surface area (TPSA) is 32.3 Å². The van der Waals surface area contributed by atoms with E-state index < -0.39 is 0 Å². The van der Waals surface area contributed by atoms with Crippen molar-refractivity contribution in [3.63, 3.8) is 0 Å². The summed E-state index contributed by atoms with van der Waals surface area (Å²) in [7, 11) is 0. The van der Waals surface area contributed by atoms with Crippen molar-refractivity contribution in [1.29, 1.82) is 0 Å². The second-order valence-electron chi connectivity index (χ2n) is 5.41. The second kappa shape index (κ2) is 6.87. The highest BCUT2D eigenvalue weighted by atomic mass is 32.1. The molecule has 1 aromatic heterocycles. The average molecular weight is 300 g/mol. The first-order chi connectivity index (χ1) is 10.3. The molecule has 1 aromatic carbocycles. The van der Waals surface area contributed by atoms with Crippen molar-refractivity contribution >= 4 is 17.2 Å². The zero-order valence-electron chi connectivity index (χ0n) is 12.0. The summed E-state index contributed by atoms with van der Waals surface area (Å²) in [5.74, 6) is 0.113. The molecule has 0 bridgehead atoms. The number of benzene rings is 1. The molecule has 21 heavy (non-hydrogen) atoms. The summed E-state index contributed by atoms with van der Waals surface area (Å²) in [6, 6.07) is 14.7. The van der Waals surface area contributed by atoms with Crippen LogP contribution in [0.2, 0.25) is 0 Å². The van der Waals surface area contributed by atoms with Crippen molar-refractivity contribution in [3.05, 3.63) is 58.3 Å². The van der Waals surface area contributed by atoms with Gasteiger partial charge in [-0.1, -0.05) is 36.4 Å². The van der Waals surface area contributed by atoms with Gasteiger partial charge in [-0.3, -0.25) is 9.69 Å². The number of thiophene rings is 1. The minimum absolute atomic E-state index is 0.113. The molecule has 1 fully saturated rings. The molecule has 1 N–H and O–H groups in total. The normalized spacial score (nSPS) is 18.8. The third-order valence-corrected chi connectivity index (χ3v) is 4.89. The highest BCUT2D eigenvalue weighted by Gasteiger charge is 2.27. The van der Waals surface area contributed by atoms with E-state index in [4.69, 9.17) is 0 Å². The van der Waals surface area contributed by atoms with Gasteiger partial charge in [0, 0.05) is 17.5 Å². The number of hydrogen-bond acceptors (Lipinski definition) is 3. The van der Waals surface area contributed by atoms with Crippen LogP contribution in [0, 0.1) is 0 Å². The summed E-state index contributed by atoms with van der Waals surface area (Å²) in [6.45, 7) is 2.12. The number of amides is 1. The Kier molecular flexibility index (Phi) is 4.68. The van der Waals surface area contributed by atoms with Crippen LogP contribution in [0.4, 0.5) is 0 Å². The number of nitrogens with zero attached hydrogens (tertiary/aromatic N) is 1. The van der Waals surface area contributed by atoms with Crippen molar-refractivity contribution < 1.29 is 4.79 Å².